The Morgan fingerprint density at radius 1 is 1.00 bits per heavy atom. The Hall–Kier alpha value is 0.400. The highest BCUT2D eigenvalue weighted by molar-refractivity contribution is 9.09. The summed E-state index contributed by atoms with van der Waals surface area (Å²) >= 11 is 3.27. The van der Waals surface area contributed by atoms with E-state index in [1.807, 2.05) is 0 Å². The van der Waals surface area contributed by atoms with E-state index >= 15 is 0 Å². The van der Waals surface area contributed by atoms with Gasteiger partial charge in [-0.2, -0.15) is 0 Å². The Kier molecular flexibility index (Phi) is 21.7. The summed E-state index contributed by atoms with van der Waals surface area (Å²) in [6.07, 6.45) is 3.53. The van der Waals surface area contributed by atoms with Crippen molar-refractivity contribution in [2.24, 2.45) is 0 Å². The summed E-state index contributed by atoms with van der Waals surface area (Å²) in [5, 5.41) is 1.04. The van der Waals surface area contributed by atoms with Gasteiger partial charge >= 0.3 is 0 Å². The minimum absolute atomic E-state index is 0.866. The van der Waals surface area contributed by atoms with Gasteiger partial charge in [0.25, 0.3) is 0 Å². The highest BCUT2D eigenvalue weighted by Gasteiger charge is 1.76. The maximum absolute atomic E-state index is 4.78. The maximum Gasteiger partial charge on any atom is 0.0470 e. The highest BCUT2D eigenvalue weighted by Crippen LogP contribution is 1.85. The van der Waals surface area contributed by atoms with Gasteiger partial charge in [0.2, 0.25) is 0 Å². The molecular weight excluding hydrogens is 220 g/mol. The van der Waals surface area contributed by atoms with Crippen LogP contribution in [0.25, 0.3) is 0 Å². The van der Waals surface area contributed by atoms with Crippen molar-refractivity contribution in [3.8, 4) is 0 Å². The molecule has 0 N–H and O–H groups in total. The number of ether oxygens (including phenoxy) is 2. The SMILES string of the molecule is CCCCOC.COCCCBr. The van der Waals surface area contributed by atoms with Crippen LogP contribution in [0.1, 0.15) is 26.2 Å². The second kappa shape index (κ2) is 17.5. The molecule has 0 aliphatic heterocycles. The molecule has 0 amide bonds. The number of hydrogen-bond donors (Lipinski definition) is 0. The van der Waals surface area contributed by atoms with Crippen molar-refractivity contribution >= 4 is 15.9 Å². The van der Waals surface area contributed by atoms with E-state index in [1.165, 1.54) is 12.8 Å². The van der Waals surface area contributed by atoms with E-state index in [9.17, 15) is 0 Å². The molecule has 0 aromatic carbocycles. The third-order valence-electron chi connectivity index (χ3n) is 1.18. The summed E-state index contributed by atoms with van der Waals surface area (Å²) in [5.41, 5.74) is 0. The monoisotopic (exact) mass is 240 g/mol. The Balaban J connectivity index is 0. The molecule has 2 nitrogen and oxygen atoms in total. The van der Waals surface area contributed by atoms with E-state index in [2.05, 4.69) is 22.9 Å². The van der Waals surface area contributed by atoms with E-state index in [4.69, 9.17) is 9.47 Å². The summed E-state index contributed by atoms with van der Waals surface area (Å²) in [6.45, 7) is 3.93. The van der Waals surface area contributed by atoms with Crippen molar-refractivity contribution in [3.05, 3.63) is 0 Å². The van der Waals surface area contributed by atoms with Gasteiger partial charge in [0.1, 0.15) is 0 Å². The van der Waals surface area contributed by atoms with Gasteiger partial charge in [-0.15, -0.1) is 0 Å². The number of methoxy groups -OCH3 is 2. The van der Waals surface area contributed by atoms with Crippen LogP contribution in [0.2, 0.25) is 0 Å². The molecule has 0 aliphatic carbocycles. The van der Waals surface area contributed by atoms with Crippen LogP contribution in [0.5, 0.6) is 0 Å². The average Bonchev–Trinajstić information content (AvgIpc) is 2.12. The lowest BCUT2D eigenvalue weighted by Crippen LogP contribution is -1.86. The number of unbranched alkanes of at least 4 members (excludes halogenated alkanes) is 1. The van der Waals surface area contributed by atoms with Crippen LogP contribution in [0.15, 0.2) is 0 Å². The smallest absolute Gasteiger partial charge is 0.0470 e. The largest absolute Gasteiger partial charge is 0.385 e. The fraction of sp³-hybridized carbons (Fsp3) is 1.00. The van der Waals surface area contributed by atoms with Crippen LogP contribution in [0.3, 0.4) is 0 Å². The molecular formula is C9H21BrO2. The molecule has 0 spiro atoms. The molecule has 3 heteroatoms. The molecule has 0 aromatic rings. The topological polar surface area (TPSA) is 18.5 Å². The van der Waals surface area contributed by atoms with Crippen LogP contribution in [0.4, 0.5) is 0 Å². The van der Waals surface area contributed by atoms with Crippen molar-refractivity contribution in [2.75, 3.05) is 32.8 Å². The molecule has 76 valence electrons. The van der Waals surface area contributed by atoms with E-state index in [0.717, 1.165) is 25.0 Å². The van der Waals surface area contributed by atoms with Crippen molar-refractivity contribution in [1.29, 1.82) is 0 Å². The van der Waals surface area contributed by atoms with Crippen LogP contribution in [-0.2, 0) is 9.47 Å². The van der Waals surface area contributed by atoms with E-state index in [1.54, 1.807) is 14.2 Å². The van der Waals surface area contributed by atoms with Gasteiger partial charge in [-0.3, -0.25) is 0 Å². The molecule has 0 fully saturated rings. The number of alkyl halides is 1. The molecule has 0 saturated heterocycles. The number of halogens is 1. The first kappa shape index (κ1) is 14.9. The molecule has 0 radical (unpaired) electrons. The van der Waals surface area contributed by atoms with Gasteiger partial charge in [0.05, 0.1) is 0 Å². The summed E-state index contributed by atoms with van der Waals surface area (Å²) in [4.78, 5) is 0. The molecule has 0 saturated carbocycles. The Morgan fingerprint density at radius 3 is 1.67 bits per heavy atom. The third-order valence-corrected chi connectivity index (χ3v) is 1.74. The van der Waals surface area contributed by atoms with Gasteiger partial charge in [0.15, 0.2) is 0 Å². The fourth-order valence-electron chi connectivity index (χ4n) is 0.488. The van der Waals surface area contributed by atoms with Gasteiger partial charge in [-0.25, -0.2) is 0 Å². The molecule has 0 heterocycles. The zero-order valence-corrected chi connectivity index (χ0v) is 10.0. The molecule has 0 rings (SSSR count). The lowest BCUT2D eigenvalue weighted by Gasteiger charge is -1.89. The highest BCUT2D eigenvalue weighted by atomic mass is 79.9. The van der Waals surface area contributed by atoms with Crippen molar-refractivity contribution in [2.45, 2.75) is 26.2 Å². The molecule has 0 bridgehead atoms. The summed E-state index contributed by atoms with van der Waals surface area (Å²) in [7, 11) is 3.44. The van der Waals surface area contributed by atoms with Gasteiger partial charge in [-0.05, 0) is 12.8 Å². The quantitative estimate of drug-likeness (QED) is 0.526. The van der Waals surface area contributed by atoms with Gasteiger partial charge in [-0.1, -0.05) is 29.3 Å². The van der Waals surface area contributed by atoms with Gasteiger partial charge in [0, 0.05) is 32.8 Å². The lowest BCUT2D eigenvalue weighted by atomic mass is 10.4. The van der Waals surface area contributed by atoms with Crippen molar-refractivity contribution in [1.82, 2.24) is 0 Å². The second-order valence-corrected chi connectivity index (χ2v) is 3.17. The molecule has 0 aliphatic rings. The first-order chi connectivity index (χ1) is 5.83. The minimum atomic E-state index is 0.866. The third kappa shape index (κ3) is 22.4. The zero-order chi connectivity index (χ0) is 9.66. The summed E-state index contributed by atoms with van der Waals surface area (Å²) in [5.74, 6) is 0. The summed E-state index contributed by atoms with van der Waals surface area (Å²) in [6, 6.07) is 0. The van der Waals surface area contributed by atoms with Crippen LogP contribution in [0, 0.1) is 0 Å². The van der Waals surface area contributed by atoms with Crippen LogP contribution < -0.4 is 0 Å². The predicted molar refractivity (Wildman–Crippen MR) is 57.1 cm³/mol. The molecule has 0 aromatic heterocycles. The maximum atomic E-state index is 4.78. The Labute approximate surface area is 84.8 Å². The zero-order valence-electron chi connectivity index (χ0n) is 8.44. The van der Waals surface area contributed by atoms with Crippen LogP contribution >= 0.6 is 15.9 Å². The first-order valence-corrected chi connectivity index (χ1v) is 5.49. The molecule has 0 atom stereocenters. The predicted octanol–water partition coefficient (Wildman–Crippen LogP) is 2.85. The van der Waals surface area contributed by atoms with E-state index in [-0.39, 0.29) is 0 Å². The Bertz CT molecular complexity index is 44.5. The normalized spacial score (nSPS) is 9.00. The molecule has 0 unspecified atom stereocenters. The standard InChI is InChI=1S/C5H12O.C4H9BrO/c1-3-4-5-6-2;1-6-4-2-3-5/h3-5H2,1-2H3;2-4H2,1H3. The molecule has 12 heavy (non-hydrogen) atoms. The average molecular weight is 241 g/mol. The summed E-state index contributed by atoms with van der Waals surface area (Å²) < 4.78 is 9.53. The lowest BCUT2D eigenvalue weighted by molar-refractivity contribution is 0.194. The number of hydrogen-bond acceptors (Lipinski definition) is 2. The van der Waals surface area contributed by atoms with E-state index in [0.29, 0.717) is 0 Å². The number of rotatable bonds is 6. The first-order valence-electron chi connectivity index (χ1n) is 4.37. The van der Waals surface area contributed by atoms with Crippen molar-refractivity contribution < 1.29 is 9.47 Å². The fourth-order valence-corrected chi connectivity index (χ4v) is 0.716. The van der Waals surface area contributed by atoms with Gasteiger partial charge < -0.3 is 9.47 Å². The van der Waals surface area contributed by atoms with E-state index < -0.39 is 0 Å². The Morgan fingerprint density at radius 2 is 1.50 bits per heavy atom. The van der Waals surface area contributed by atoms with Crippen molar-refractivity contribution in [3.63, 3.8) is 0 Å². The minimum Gasteiger partial charge on any atom is -0.385 e. The second-order valence-electron chi connectivity index (χ2n) is 2.38. The van der Waals surface area contributed by atoms with Crippen LogP contribution in [-0.4, -0.2) is 32.8 Å².